The summed E-state index contributed by atoms with van der Waals surface area (Å²) >= 11 is 1.59. The molecule has 0 spiro atoms. The molecule has 0 saturated carbocycles. The second-order valence-corrected chi connectivity index (χ2v) is 10.0. The van der Waals surface area contributed by atoms with Gasteiger partial charge in [0.25, 0.3) is 10.0 Å². The molecule has 174 valence electrons. The van der Waals surface area contributed by atoms with Crippen molar-refractivity contribution in [3.05, 3.63) is 72.8 Å². The molecule has 3 aromatic rings. The highest BCUT2D eigenvalue weighted by Crippen LogP contribution is 2.34. The van der Waals surface area contributed by atoms with Gasteiger partial charge in [0.05, 0.1) is 30.5 Å². The van der Waals surface area contributed by atoms with Gasteiger partial charge in [-0.3, -0.25) is 9.10 Å². The quantitative estimate of drug-likeness (QED) is 0.420. The summed E-state index contributed by atoms with van der Waals surface area (Å²) in [6.45, 7) is 1.60. The lowest BCUT2D eigenvalue weighted by Crippen LogP contribution is -2.38. The van der Waals surface area contributed by atoms with Gasteiger partial charge < -0.3 is 14.8 Å². The normalized spacial score (nSPS) is 11.0. The van der Waals surface area contributed by atoms with Crippen LogP contribution in [0.5, 0.6) is 11.5 Å². The van der Waals surface area contributed by atoms with Crippen molar-refractivity contribution >= 4 is 39.1 Å². The highest BCUT2D eigenvalue weighted by Gasteiger charge is 2.28. The molecule has 0 saturated heterocycles. The Kier molecular flexibility index (Phi) is 8.24. The van der Waals surface area contributed by atoms with Crippen LogP contribution in [-0.2, 0) is 14.8 Å². The predicted octanol–water partition coefficient (Wildman–Crippen LogP) is 4.65. The Morgan fingerprint density at radius 3 is 2.27 bits per heavy atom. The van der Waals surface area contributed by atoms with E-state index in [-0.39, 0.29) is 10.6 Å². The van der Waals surface area contributed by atoms with Crippen molar-refractivity contribution in [3.63, 3.8) is 0 Å². The van der Waals surface area contributed by atoms with Gasteiger partial charge in [-0.1, -0.05) is 37.3 Å². The maximum Gasteiger partial charge on any atom is 0.264 e. The Balaban J connectivity index is 1.99. The third kappa shape index (κ3) is 5.80. The van der Waals surface area contributed by atoms with Crippen molar-refractivity contribution < 1.29 is 22.7 Å². The number of benzene rings is 3. The van der Waals surface area contributed by atoms with Gasteiger partial charge in [-0.15, -0.1) is 11.8 Å². The highest BCUT2D eigenvalue weighted by molar-refractivity contribution is 7.99. The van der Waals surface area contributed by atoms with Gasteiger partial charge in [0.2, 0.25) is 5.91 Å². The van der Waals surface area contributed by atoms with Crippen LogP contribution in [0.3, 0.4) is 0 Å². The van der Waals surface area contributed by atoms with E-state index >= 15 is 0 Å². The number of rotatable bonds is 10. The van der Waals surface area contributed by atoms with Gasteiger partial charge in [-0.05, 0) is 42.2 Å². The van der Waals surface area contributed by atoms with Crippen molar-refractivity contribution in [3.8, 4) is 11.5 Å². The number of amides is 1. The fourth-order valence-corrected chi connectivity index (χ4v) is 5.38. The van der Waals surface area contributed by atoms with Crippen molar-refractivity contribution in [2.24, 2.45) is 0 Å². The second kappa shape index (κ2) is 11.1. The maximum atomic E-state index is 13.5. The van der Waals surface area contributed by atoms with Crippen LogP contribution in [0.25, 0.3) is 0 Å². The standard InChI is InChI=1S/C24H26N2O5S2/c1-4-32-23-13-9-8-12-20(23)25-24(27)17-26(33(28,29)19-10-6-5-7-11-19)18-14-15-21(30-2)22(16-18)31-3/h5-16H,4,17H2,1-3H3,(H,25,27). The van der Waals surface area contributed by atoms with Gasteiger partial charge in [-0.25, -0.2) is 8.42 Å². The van der Waals surface area contributed by atoms with Crippen LogP contribution in [0.4, 0.5) is 11.4 Å². The number of nitrogens with zero attached hydrogens (tertiary/aromatic N) is 1. The highest BCUT2D eigenvalue weighted by atomic mass is 32.2. The lowest BCUT2D eigenvalue weighted by molar-refractivity contribution is -0.114. The minimum absolute atomic E-state index is 0.0783. The maximum absolute atomic E-state index is 13.5. The number of nitrogens with one attached hydrogen (secondary N) is 1. The zero-order valence-corrected chi connectivity index (χ0v) is 20.3. The first-order chi connectivity index (χ1) is 15.9. The minimum Gasteiger partial charge on any atom is -0.493 e. The van der Waals surface area contributed by atoms with Crippen molar-refractivity contribution in [2.75, 3.05) is 36.1 Å². The lowest BCUT2D eigenvalue weighted by Gasteiger charge is -2.25. The number of carbonyl (C=O) groups excluding carboxylic acids is 1. The number of anilines is 2. The monoisotopic (exact) mass is 486 g/mol. The molecule has 3 aromatic carbocycles. The number of methoxy groups -OCH3 is 2. The number of ether oxygens (including phenoxy) is 2. The first-order valence-corrected chi connectivity index (χ1v) is 12.6. The molecule has 0 unspecified atom stereocenters. The Hall–Kier alpha value is -3.17. The fourth-order valence-electron chi connectivity index (χ4n) is 3.19. The molecule has 0 aliphatic rings. The van der Waals surface area contributed by atoms with Crippen LogP contribution >= 0.6 is 11.8 Å². The van der Waals surface area contributed by atoms with Crippen molar-refractivity contribution in [2.45, 2.75) is 16.7 Å². The second-order valence-electron chi connectivity index (χ2n) is 6.84. The number of sulfonamides is 1. The Bertz CT molecular complexity index is 1200. The predicted molar refractivity (Wildman–Crippen MR) is 132 cm³/mol. The van der Waals surface area contributed by atoms with Gasteiger partial charge in [-0.2, -0.15) is 0 Å². The van der Waals surface area contributed by atoms with E-state index < -0.39 is 22.5 Å². The van der Waals surface area contributed by atoms with Crippen molar-refractivity contribution in [1.82, 2.24) is 0 Å². The zero-order valence-electron chi connectivity index (χ0n) is 18.6. The fraction of sp³-hybridized carbons (Fsp3) is 0.208. The zero-order chi connectivity index (χ0) is 23.8. The van der Waals surface area contributed by atoms with Crippen LogP contribution in [-0.4, -0.2) is 40.8 Å². The van der Waals surface area contributed by atoms with Gasteiger partial charge in [0.15, 0.2) is 11.5 Å². The van der Waals surface area contributed by atoms with Gasteiger partial charge >= 0.3 is 0 Å². The molecule has 0 atom stereocenters. The number of hydrogen-bond donors (Lipinski definition) is 1. The topological polar surface area (TPSA) is 84.9 Å². The van der Waals surface area contributed by atoms with Crippen LogP contribution < -0.4 is 19.1 Å². The van der Waals surface area contributed by atoms with Crippen LogP contribution in [0.1, 0.15) is 6.92 Å². The third-order valence-electron chi connectivity index (χ3n) is 4.73. The number of hydrogen-bond acceptors (Lipinski definition) is 6. The average molecular weight is 487 g/mol. The SMILES string of the molecule is CCSc1ccccc1NC(=O)CN(c1ccc(OC)c(OC)c1)S(=O)(=O)c1ccccc1. The number of para-hydroxylation sites is 1. The van der Waals surface area contributed by atoms with E-state index in [4.69, 9.17) is 9.47 Å². The summed E-state index contributed by atoms with van der Waals surface area (Å²) in [7, 11) is -1.08. The third-order valence-corrected chi connectivity index (χ3v) is 7.48. The van der Waals surface area contributed by atoms with E-state index in [1.807, 2.05) is 25.1 Å². The van der Waals surface area contributed by atoms with Crippen LogP contribution in [0.2, 0.25) is 0 Å². The molecule has 0 aliphatic heterocycles. The molecule has 9 heteroatoms. The van der Waals surface area contributed by atoms with E-state index in [0.717, 1.165) is 15.0 Å². The van der Waals surface area contributed by atoms with Gasteiger partial charge in [0.1, 0.15) is 6.54 Å². The van der Waals surface area contributed by atoms with Crippen LogP contribution in [0, 0.1) is 0 Å². The first-order valence-electron chi connectivity index (χ1n) is 10.2. The molecule has 0 aliphatic carbocycles. The Labute approximate surface area is 198 Å². The summed E-state index contributed by atoms with van der Waals surface area (Å²) in [5.41, 5.74) is 0.918. The molecule has 0 radical (unpaired) electrons. The van der Waals surface area contributed by atoms with Crippen LogP contribution in [0.15, 0.2) is 82.6 Å². The number of carbonyl (C=O) groups is 1. The molecule has 0 fully saturated rings. The smallest absolute Gasteiger partial charge is 0.264 e. The summed E-state index contributed by atoms with van der Waals surface area (Å²) < 4.78 is 38.7. The largest absolute Gasteiger partial charge is 0.493 e. The van der Waals surface area contributed by atoms with Gasteiger partial charge in [0, 0.05) is 11.0 Å². The lowest BCUT2D eigenvalue weighted by atomic mass is 10.2. The molecule has 7 nitrogen and oxygen atoms in total. The molecule has 0 aromatic heterocycles. The average Bonchev–Trinajstić information content (AvgIpc) is 2.84. The molecular weight excluding hydrogens is 460 g/mol. The molecular formula is C24H26N2O5S2. The summed E-state index contributed by atoms with van der Waals surface area (Å²) in [5.74, 6) is 1.18. The minimum atomic E-state index is -4.04. The summed E-state index contributed by atoms with van der Waals surface area (Å²) in [6, 6.07) is 20.1. The Morgan fingerprint density at radius 2 is 1.61 bits per heavy atom. The summed E-state index contributed by atoms with van der Waals surface area (Å²) in [4.78, 5) is 14.0. The molecule has 3 rings (SSSR count). The molecule has 0 bridgehead atoms. The molecule has 1 amide bonds. The van der Waals surface area contributed by atoms with E-state index in [2.05, 4.69) is 5.32 Å². The van der Waals surface area contributed by atoms with E-state index in [9.17, 15) is 13.2 Å². The Morgan fingerprint density at radius 1 is 0.939 bits per heavy atom. The number of thioether (sulfide) groups is 1. The van der Waals surface area contributed by atoms with E-state index in [0.29, 0.717) is 17.2 Å². The summed E-state index contributed by atoms with van der Waals surface area (Å²) in [6.07, 6.45) is 0. The first kappa shape index (κ1) is 24.5. The van der Waals surface area contributed by atoms with Crippen molar-refractivity contribution in [1.29, 1.82) is 0 Å². The molecule has 1 N–H and O–H groups in total. The summed E-state index contributed by atoms with van der Waals surface area (Å²) in [5, 5.41) is 2.85. The van der Waals surface area contributed by atoms with E-state index in [1.54, 1.807) is 48.2 Å². The molecule has 0 heterocycles. The van der Waals surface area contributed by atoms with E-state index in [1.165, 1.54) is 32.4 Å². The molecule has 33 heavy (non-hydrogen) atoms.